The van der Waals surface area contributed by atoms with Crippen molar-refractivity contribution in [2.45, 2.75) is 13.8 Å². The summed E-state index contributed by atoms with van der Waals surface area (Å²) in [5.41, 5.74) is 0.211. The van der Waals surface area contributed by atoms with E-state index in [2.05, 4.69) is 0 Å². The second-order valence-electron chi connectivity index (χ2n) is 5.97. The van der Waals surface area contributed by atoms with Crippen molar-refractivity contribution in [3.05, 3.63) is 34.9 Å². The smallest absolute Gasteiger partial charge is 0.234 e. The third kappa shape index (κ3) is 1.79. The van der Waals surface area contributed by atoms with Crippen LogP contribution in [-0.4, -0.2) is 29.0 Å². The van der Waals surface area contributed by atoms with Crippen molar-refractivity contribution in [3.8, 4) is 0 Å². The minimum atomic E-state index is -0.248. The van der Waals surface area contributed by atoms with Crippen molar-refractivity contribution in [3.63, 3.8) is 0 Å². The van der Waals surface area contributed by atoms with Gasteiger partial charge in [0.25, 0.3) is 0 Å². The van der Waals surface area contributed by atoms with Crippen molar-refractivity contribution >= 4 is 29.2 Å². The van der Waals surface area contributed by atoms with E-state index >= 15 is 0 Å². The number of carbonyl (C=O) groups is 3. The molecule has 0 bridgehead atoms. The van der Waals surface area contributed by atoms with Crippen molar-refractivity contribution < 1.29 is 14.4 Å². The first-order valence-corrected chi connectivity index (χ1v) is 6.86. The number of likely N-dealkylation sites (tertiary alicyclic amines) is 1. The van der Waals surface area contributed by atoms with Crippen molar-refractivity contribution in [2.24, 2.45) is 17.3 Å². The number of ketones is 1. The zero-order valence-electron chi connectivity index (χ0n) is 11.2. The third-order valence-corrected chi connectivity index (χ3v) is 4.61. The Morgan fingerprint density at radius 2 is 1.65 bits per heavy atom. The first-order valence-electron chi connectivity index (χ1n) is 6.48. The highest BCUT2D eigenvalue weighted by Crippen LogP contribution is 2.63. The van der Waals surface area contributed by atoms with E-state index < -0.39 is 0 Å². The molecule has 0 radical (unpaired) electrons. The maximum atomic E-state index is 12.1. The van der Waals surface area contributed by atoms with Gasteiger partial charge < -0.3 is 0 Å². The number of hydrogen-bond acceptors (Lipinski definition) is 3. The fourth-order valence-electron chi connectivity index (χ4n) is 3.03. The maximum absolute atomic E-state index is 12.1. The number of rotatable bonds is 3. The zero-order chi connectivity index (χ0) is 14.7. The number of carbonyl (C=O) groups excluding carboxylic acids is 3. The molecule has 104 valence electrons. The van der Waals surface area contributed by atoms with Crippen LogP contribution in [0, 0.1) is 17.3 Å². The van der Waals surface area contributed by atoms with Gasteiger partial charge in [-0.2, -0.15) is 0 Å². The lowest BCUT2D eigenvalue weighted by atomic mass is 10.0. The monoisotopic (exact) mass is 291 g/mol. The largest absolute Gasteiger partial charge is 0.292 e. The highest BCUT2D eigenvalue weighted by atomic mass is 35.5. The molecule has 2 amide bonds. The number of amides is 2. The van der Waals surface area contributed by atoms with E-state index in [0.717, 1.165) is 4.90 Å². The lowest BCUT2D eigenvalue weighted by Gasteiger charge is -2.19. The summed E-state index contributed by atoms with van der Waals surface area (Å²) in [5, 5.41) is 0.540. The van der Waals surface area contributed by atoms with Gasteiger partial charge in [-0.3, -0.25) is 19.3 Å². The number of nitrogens with zero attached hydrogens (tertiary/aromatic N) is 1. The van der Waals surface area contributed by atoms with E-state index in [4.69, 9.17) is 11.6 Å². The van der Waals surface area contributed by atoms with Gasteiger partial charge in [-0.25, -0.2) is 0 Å². The van der Waals surface area contributed by atoms with Crippen LogP contribution < -0.4 is 0 Å². The van der Waals surface area contributed by atoms with Crippen LogP contribution >= 0.6 is 11.6 Å². The topological polar surface area (TPSA) is 54.5 Å². The number of imide groups is 1. The summed E-state index contributed by atoms with van der Waals surface area (Å²) in [6.07, 6.45) is 0. The highest BCUT2D eigenvalue weighted by molar-refractivity contribution is 6.30. The van der Waals surface area contributed by atoms with E-state index in [0.29, 0.717) is 10.6 Å². The van der Waals surface area contributed by atoms with E-state index in [-0.39, 0.29) is 41.4 Å². The first-order chi connectivity index (χ1) is 9.34. The molecule has 0 N–H and O–H groups in total. The average Bonchev–Trinajstić information content (AvgIpc) is 2.87. The van der Waals surface area contributed by atoms with Crippen LogP contribution in [0.1, 0.15) is 24.2 Å². The van der Waals surface area contributed by atoms with Gasteiger partial charge in [-0.05, 0) is 29.7 Å². The number of halogens is 1. The van der Waals surface area contributed by atoms with Crippen LogP contribution in [0.25, 0.3) is 0 Å². The van der Waals surface area contributed by atoms with Crippen molar-refractivity contribution in [2.75, 3.05) is 6.54 Å². The molecule has 0 aromatic heterocycles. The molecular weight excluding hydrogens is 278 g/mol. The molecule has 2 aliphatic rings. The van der Waals surface area contributed by atoms with E-state index in [9.17, 15) is 14.4 Å². The van der Waals surface area contributed by atoms with Crippen LogP contribution in [0.5, 0.6) is 0 Å². The van der Waals surface area contributed by atoms with Gasteiger partial charge in [0, 0.05) is 10.6 Å². The van der Waals surface area contributed by atoms with Crippen LogP contribution in [-0.2, 0) is 9.59 Å². The summed E-state index contributed by atoms with van der Waals surface area (Å²) in [4.78, 5) is 37.4. The normalized spacial score (nSPS) is 26.6. The summed E-state index contributed by atoms with van der Waals surface area (Å²) in [6.45, 7) is 3.65. The molecule has 3 rings (SSSR count). The van der Waals surface area contributed by atoms with Crippen molar-refractivity contribution in [1.29, 1.82) is 0 Å². The predicted molar refractivity (Wildman–Crippen MR) is 73.3 cm³/mol. The summed E-state index contributed by atoms with van der Waals surface area (Å²) in [6, 6.07) is 6.42. The Hall–Kier alpha value is -1.68. The number of fused-ring (bicyclic) bond motifs is 1. The van der Waals surface area contributed by atoms with Gasteiger partial charge in [0.05, 0.1) is 18.4 Å². The SMILES string of the molecule is CC1(C)C2C(=O)N(CC(=O)c3ccc(Cl)cc3)C(=O)C21. The molecule has 20 heavy (non-hydrogen) atoms. The molecule has 1 aromatic carbocycles. The van der Waals surface area contributed by atoms with Crippen LogP contribution in [0.2, 0.25) is 5.02 Å². The summed E-state index contributed by atoms with van der Waals surface area (Å²) in [5.74, 6) is -1.16. The van der Waals surface area contributed by atoms with Crippen molar-refractivity contribution in [1.82, 2.24) is 4.90 Å². The molecule has 4 nitrogen and oxygen atoms in total. The Bertz CT molecular complexity index is 597. The Morgan fingerprint density at radius 1 is 1.15 bits per heavy atom. The molecular formula is C15H14ClNO3. The fraction of sp³-hybridized carbons (Fsp3) is 0.400. The number of Topliss-reactive ketones (excluding diaryl/α,β-unsaturated/α-hetero) is 1. The van der Waals surface area contributed by atoms with Gasteiger partial charge >= 0.3 is 0 Å². The average molecular weight is 292 g/mol. The molecule has 5 heteroatoms. The molecule has 2 fully saturated rings. The Balaban J connectivity index is 1.74. The third-order valence-electron chi connectivity index (χ3n) is 4.36. The van der Waals surface area contributed by atoms with Gasteiger partial charge in [0.1, 0.15) is 0 Å². The first kappa shape index (κ1) is 13.3. The van der Waals surface area contributed by atoms with Crippen LogP contribution in [0.3, 0.4) is 0 Å². The maximum Gasteiger partial charge on any atom is 0.234 e. The predicted octanol–water partition coefficient (Wildman–Crippen LogP) is 2.16. The molecule has 0 spiro atoms. The molecule has 2 atom stereocenters. The Labute approximate surface area is 121 Å². The van der Waals surface area contributed by atoms with E-state index in [1.165, 1.54) is 0 Å². The number of piperidine rings is 1. The van der Waals surface area contributed by atoms with Gasteiger partial charge in [0.2, 0.25) is 11.8 Å². The Kier molecular flexibility index (Phi) is 2.77. The summed E-state index contributed by atoms with van der Waals surface area (Å²) >= 11 is 5.76. The minimum absolute atomic E-state index is 0.178. The molecule has 1 saturated heterocycles. The summed E-state index contributed by atoms with van der Waals surface area (Å²) in [7, 11) is 0. The standard InChI is InChI=1S/C15H14ClNO3/c1-15(2)11-12(15)14(20)17(13(11)19)7-10(18)8-3-5-9(16)6-4-8/h3-6,11-12H,7H2,1-2H3. The number of benzene rings is 1. The fourth-order valence-corrected chi connectivity index (χ4v) is 3.16. The molecule has 1 saturated carbocycles. The van der Waals surface area contributed by atoms with Gasteiger partial charge in [-0.15, -0.1) is 0 Å². The quantitative estimate of drug-likeness (QED) is 0.633. The lowest BCUT2D eigenvalue weighted by molar-refractivity contribution is -0.142. The van der Waals surface area contributed by atoms with Crippen LogP contribution in [0.4, 0.5) is 0 Å². The molecule has 2 unspecified atom stereocenters. The summed E-state index contributed by atoms with van der Waals surface area (Å²) < 4.78 is 0. The second-order valence-corrected chi connectivity index (χ2v) is 6.41. The number of hydrogen-bond donors (Lipinski definition) is 0. The van der Waals surface area contributed by atoms with E-state index in [1.807, 2.05) is 13.8 Å². The molecule has 1 aromatic rings. The van der Waals surface area contributed by atoms with Gasteiger partial charge in [-0.1, -0.05) is 25.4 Å². The van der Waals surface area contributed by atoms with Crippen LogP contribution in [0.15, 0.2) is 24.3 Å². The Morgan fingerprint density at radius 3 is 2.15 bits per heavy atom. The van der Waals surface area contributed by atoms with E-state index in [1.54, 1.807) is 24.3 Å². The minimum Gasteiger partial charge on any atom is -0.292 e. The lowest BCUT2D eigenvalue weighted by Crippen LogP contribution is -2.39. The zero-order valence-corrected chi connectivity index (χ0v) is 12.0. The molecule has 1 heterocycles. The molecule has 1 aliphatic heterocycles. The van der Waals surface area contributed by atoms with Gasteiger partial charge in [0.15, 0.2) is 5.78 Å². The second kappa shape index (κ2) is 4.16. The highest BCUT2D eigenvalue weighted by Gasteiger charge is 2.72. The molecule has 1 aliphatic carbocycles.